The molecule has 0 unspecified atom stereocenters. The first-order valence-corrected chi connectivity index (χ1v) is 7.37. The molecule has 0 amide bonds. The second-order valence-electron chi connectivity index (χ2n) is 4.68. The van der Waals surface area contributed by atoms with Crippen LogP contribution in [0.1, 0.15) is 21.6 Å². The van der Waals surface area contributed by atoms with Crippen molar-refractivity contribution in [2.75, 3.05) is 0 Å². The number of aromatic nitrogens is 3. The molecule has 106 valence electrons. The molecule has 0 bridgehead atoms. The lowest BCUT2D eigenvalue weighted by atomic mass is 10.3. The number of rotatable bonds is 4. The predicted octanol–water partition coefficient (Wildman–Crippen LogP) is 3.03. The lowest BCUT2D eigenvalue weighted by molar-refractivity contribution is 0.0696. The Balaban J connectivity index is 1.72. The number of fused-ring (bicyclic) bond motifs is 1. The van der Waals surface area contributed by atoms with E-state index < -0.39 is 5.97 Å². The molecule has 0 radical (unpaired) electrons. The van der Waals surface area contributed by atoms with Gasteiger partial charge in [0.2, 0.25) is 0 Å². The van der Waals surface area contributed by atoms with Gasteiger partial charge in [0.1, 0.15) is 5.65 Å². The highest BCUT2D eigenvalue weighted by atomic mass is 32.2. The molecule has 21 heavy (non-hydrogen) atoms. The minimum atomic E-state index is -0.963. The van der Waals surface area contributed by atoms with Crippen molar-refractivity contribution in [1.29, 1.82) is 0 Å². The molecule has 0 aliphatic carbocycles. The fourth-order valence-electron chi connectivity index (χ4n) is 1.97. The zero-order valence-electron chi connectivity index (χ0n) is 11.4. The van der Waals surface area contributed by atoms with E-state index in [9.17, 15) is 4.79 Å². The highest BCUT2D eigenvalue weighted by Crippen LogP contribution is 2.21. The van der Waals surface area contributed by atoms with Crippen LogP contribution in [0.2, 0.25) is 0 Å². The molecule has 0 aliphatic rings. The Bertz CT molecular complexity index is 796. The third kappa shape index (κ3) is 3.05. The van der Waals surface area contributed by atoms with Crippen molar-refractivity contribution in [3.8, 4) is 0 Å². The maximum Gasteiger partial charge on any atom is 0.337 e. The van der Waals surface area contributed by atoms with E-state index in [1.807, 2.05) is 35.9 Å². The van der Waals surface area contributed by atoms with E-state index in [1.165, 1.54) is 23.5 Å². The smallest absolute Gasteiger partial charge is 0.337 e. The van der Waals surface area contributed by atoms with Crippen LogP contribution < -0.4 is 0 Å². The monoisotopic (exact) mass is 299 g/mol. The highest BCUT2D eigenvalue weighted by molar-refractivity contribution is 7.98. The summed E-state index contributed by atoms with van der Waals surface area (Å²) >= 11 is 1.53. The summed E-state index contributed by atoms with van der Waals surface area (Å²) in [6.07, 6.45) is 5.41. The zero-order valence-corrected chi connectivity index (χ0v) is 12.2. The number of aryl methyl sites for hydroxylation is 1. The summed E-state index contributed by atoms with van der Waals surface area (Å²) in [7, 11) is 0. The normalized spacial score (nSPS) is 10.9. The second-order valence-corrected chi connectivity index (χ2v) is 5.68. The molecule has 0 spiro atoms. The number of thioether (sulfide) groups is 1. The second kappa shape index (κ2) is 5.57. The van der Waals surface area contributed by atoms with Crippen molar-refractivity contribution in [2.24, 2.45) is 0 Å². The zero-order chi connectivity index (χ0) is 14.8. The van der Waals surface area contributed by atoms with E-state index in [4.69, 9.17) is 5.11 Å². The van der Waals surface area contributed by atoms with Gasteiger partial charge in [-0.2, -0.15) is 0 Å². The van der Waals surface area contributed by atoms with Gasteiger partial charge < -0.3 is 9.51 Å². The molecular weight excluding hydrogens is 286 g/mol. The fraction of sp³-hybridized carbons (Fsp3) is 0.133. The Hall–Kier alpha value is -2.34. The van der Waals surface area contributed by atoms with Gasteiger partial charge in [-0.05, 0) is 30.7 Å². The van der Waals surface area contributed by atoms with Crippen LogP contribution in [0.3, 0.4) is 0 Å². The standard InChI is InChI=1S/C15H13N3O2S/c1-10-2-4-13-17-12(8-18(13)7-10)9-21-14-5-3-11(6-16-14)15(19)20/h2-8H,9H2,1H3,(H,19,20). The number of nitrogens with zero attached hydrogens (tertiary/aromatic N) is 3. The largest absolute Gasteiger partial charge is 0.478 e. The van der Waals surface area contributed by atoms with Gasteiger partial charge in [-0.1, -0.05) is 17.8 Å². The molecule has 3 heterocycles. The minimum Gasteiger partial charge on any atom is -0.478 e. The van der Waals surface area contributed by atoms with Crippen LogP contribution in [0.25, 0.3) is 5.65 Å². The third-order valence-electron chi connectivity index (χ3n) is 3.00. The Morgan fingerprint density at radius 3 is 2.86 bits per heavy atom. The summed E-state index contributed by atoms with van der Waals surface area (Å²) in [5.74, 6) is -0.269. The molecule has 0 aliphatic heterocycles. The molecule has 0 saturated heterocycles. The fourth-order valence-corrected chi connectivity index (χ4v) is 2.69. The van der Waals surface area contributed by atoms with Crippen LogP contribution in [-0.2, 0) is 5.75 Å². The van der Waals surface area contributed by atoms with E-state index in [1.54, 1.807) is 12.1 Å². The lowest BCUT2D eigenvalue weighted by Gasteiger charge is -1.99. The van der Waals surface area contributed by atoms with Crippen LogP contribution in [0.5, 0.6) is 0 Å². The Labute approximate surface area is 125 Å². The average molecular weight is 299 g/mol. The molecule has 0 saturated carbocycles. The van der Waals surface area contributed by atoms with Crippen molar-refractivity contribution in [3.05, 3.63) is 59.7 Å². The summed E-state index contributed by atoms with van der Waals surface area (Å²) in [5, 5.41) is 9.61. The van der Waals surface area contributed by atoms with Gasteiger partial charge in [0.15, 0.2) is 0 Å². The van der Waals surface area contributed by atoms with Gasteiger partial charge in [-0.25, -0.2) is 14.8 Å². The van der Waals surface area contributed by atoms with Gasteiger partial charge in [0.25, 0.3) is 0 Å². The predicted molar refractivity (Wildman–Crippen MR) is 80.7 cm³/mol. The third-order valence-corrected chi connectivity index (χ3v) is 3.98. The van der Waals surface area contributed by atoms with Gasteiger partial charge in [0, 0.05) is 24.3 Å². The summed E-state index contributed by atoms with van der Waals surface area (Å²) in [4.78, 5) is 19.4. The summed E-state index contributed by atoms with van der Waals surface area (Å²) < 4.78 is 2.01. The first-order valence-electron chi connectivity index (χ1n) is 6.38. The summed E-state index contributed by atoms with van der Waals surface area (Å²) in [6, 6.07) is 7.30. The first-order chi connectivity index (χ1) is 10.1. The maximum atomic E-state index is 10.8. The van der Waals surface area contributed by atoms with Crippen molar-refractivity contribution in [3.63, 3.8) is 0 Å². The van der Waals surface area contributed by atoms with Crippen LogP contribution in [0.15, 0.2) is 47.9 Å². The number of imidazole rings is 1. The van der Waals surface area contributed by atoms with Crippen LogP contribution in [0.4, 0.5) is 0 Å². The van der Waals surface area contributed by atoms with E-state index in [0.717, 1.165) is 16.4 Å². The topological polar surface area (TPSA) is 67.5 Å². The van der Waals surface area contributed by atoms with Gasteiger partial charge >= 0.3 is 5.97 Å². The van der Waals surface area contributed by atoms with Gasteiger partial charge in [-0.3, -0.25) is 0 Å². The van der Waals surface area contributed by atoms with Gasteiger partial charge in [-0.15, -0.1) is 0 Å². The van der Waals surface area contributed by atoms with E-state index in [0.29, 0.717) is 5.75 Å². The Kier molecular flexibility index (Phi) is 3.62. The minimum absolute atomic E-state index is 0.197. The highest BCUT2D eigenvalue weighted by Gasteiger charge is 2.06. The lowest BCUT2D eigenvalue weighted by Crippen LogP contribution is -1.96. The van der Waals surface area contributed by atoms with Crippen LogP contribution in [0, 0.1) is 6.92 Å². The van der Waals surface area contributed by atoms with Crippen LogP contribution in [-0.4, -0.2) is 25.4 Å². The van der Waals surface area contributed by atoms with E-state index >= 15 is 0 Å². The molecule has 3 aromatic rings. The number of pyridine rings is 2. The molecular formula is C15H13N3O2S. The number of carbonyl (C=O) groups is 1. The Morgan fingerprint density at radius 1 is 1.29 bits per heavy atom. The van der Waals surface area contributed by atoms with Crippen molar-refractivity contribution in [2.45, 2.75) is 17.7 Å². The van der Waals surface area contributed by atoms with Crippen LogP contribution >= 0.6 is 11.8 Å². The molecule has 5 nitrogen and oxygen atoms in total. The number of hydrogen-bond acceptors (Lipinski definition) is 4. The number of carboxylic acids is 1. The number of carboxylic acid groups (broad SMARTS) is 1. The van der Waals surface area contributed by atoms with Gasteiger partial charge in [0.05, 0.1) is 16.3 Å². The van der Waals surface area contributed by atoms with Crippen molar-refractivity contribution >= 4 is 23.4 Å². The molecule has 1 N–H and O–H groups in total. The number of hydrogen-bond donors (Lipinski definition) is 1. The quantitative estimate of drug-likeness (QED) is 0.750. The van der Waals surface area contributed by atoms with Crippen molar-refractivity contribution < 1.29 is 9.90 Å². The average Bonchev–Trinajstić information content (AvgIpc) is 2.87. The molecule has 3 aromatic heterocycles. The maximum absolute atomic E-state index is 10.8. The van der Waals surface area contributed by atoms with E-state index in [-0.39, 0.29) is 5.56 Å². The molecule has 0 fully saturated rings. The SMILES string of the molecule is Cc1ccc2nc(CSc3ccc(C(=O)O)cn3)cn2c1. The summed E-state index contributed by atoms with van der Waals surface area (Å²) in [6.45, 7) is 2.04. The van der Waals surface area contributed by atoms with E-state index in [2.05, 4.69) is 9.97 Å². The molecule has 0 aromatic carbocycles. The Morgan fingerprint density at radius 2 is 2.14 bits per heavy atom. The summed E-state index contributed by atoms with van der Waals surface area (Å²) in [5.41, 5.74) is 3.27. The molecule has 6 heteroatoms. The first kappa shape index (κ1) is 13.6. The molecule has 3 rings (SSSR count). The number of aromatic carboxylic acids is 1. The molecule has 0 atom stereocenters. The van der Waals surface area contributed by atoms with Crippen molar-refractivity contribution in [1.82, 2.24) is 14.4 Å².